The second-order valence-corrected chi connectivity index (χ2v) is 3.27. The van der Waals surface area contributed by atoms with Gasteiger partial charge in [-0.25, -0.2) is 0 Å². The molecule has 0 aromatic carbocycles. The highest BCUT2D eigenvalue weighted by Gasteiger charge is 2.30. The third-order valence-electron chi connectivity index (χ3n) is 1.78. The molecule has 1 fully saturated rings. The molecule has 2 nitrogen and oxygen atoms in total. The van der Waals surface area contributed by atoms with Crippen LogP contribution in [0.15, 0.2) is 5.18 Å². The SMILES string of the molecule is O=NC1(Cl)CCCCC1. The van der Waals surface area contributed by atoms with E-state index >= 15 is 0 Å². The molecule has 0 spiro atoms. The van der Waals surface area contributed by atoms with Crippen LogP contribution in [0.1, 0.15) is 32.1 Å². The molecule has 0 bridgehead atoms. The fourth-order valence-corrected chi connectivity index (χ4v) is 1.45. The molecule has 0 N–H and O–H groups in total. The van der Waals surface area contributed by atoms with Gasteiger partial charge in [0.05, 0.1) is 0 Å². The summed E-state index contributed by atoms with van der Waals surface area (Å²) >= 11 is 5.78. The van der Waals surface area contributed by atoms with Crippen LogP contribution in [0.4, 0.5) is 0 Å². The Kier molecular flexibility index (Phi) is 2.06. The summed E-state index contributed by atoms with van der Waals surface area (Å²) in [5.74, 6) is 0. The molecule has 0 aliphatic heterocycles. The van der Waals surface area contributed by atoms with E-state index in [1.807, 2.05) is 0 Å². The van der Waals surface area contributed by atoms with E-state index in [1.165, 1.54) is 6.42 Å². The van der Waals surface area contributed by atoms with E-state index in [1.54, 1.807) is 0 Å². The molecule has 0 heterocycles. The zero-order valence-corrected chi connectivity index (χ0v) is 6.02. The fraction of sp³-hybridized carbons (Fsp3) is 1.00. The molecular weight excluding hydrogens is 138 g/mol. The molecule has 1 rings (SSSR count). The minimum Gasteiger partial charge on any atom is -0.149 e. The van der Waals surface area contributed by atoms with Gasteiger partial charge in [0, 0.05) is 0 Å². The van der Waals surface area contributed by atoms with Gasteiger partial charge >= 0.3 is 0 Å². The van der Waals surface area contributed by atoms with Crippen LogP contribution in [0.5, 0.6) is 0 Å². The number of nitrogens with zero attached hydrogens (tertiary/aromatic N) is 1. The van der Waals surface area contributed by atoms with Gasteiger partial charge in [0.15, 0.2) is 5.00 Å². The monoisotopic (exact) mass is 147 g/mol. The number of alkyl halides is 1. The highest BCUT2D eigenvalue weighted by Crippen LogP contribution is 2.34. The molecule has 52 valence electrons. The lowest BCUT2D eigenvalue weighted by molar-refractivity contribution is 0.399. The molecule has 1 saturated carbocycles. The lowest BCUT2D eigenvalue weighted by atomic mass is 9.96. The first-order chi connectivity index (χ1) is 4.27. The van der Waals surface area contributed by atoms with E-state index in [4.69, 9.17) is 11.6 Å². The molecule has 9 heavy (non-hydrogen) atoms. The molecule has 1 aliphatic carbocycles. The van der Waals surface area contributed by atoms with Crippen LogP contribution < -0.4 is 0 Å². The van der Waals surface area contributed by atoms with Crippen molar-refractivity contribution in [2.45, 2.75) is 37.1 Å². The Morgan fingerprint density at radius 2 is 1.78 bits per heavy atom. The minimum absolute atomic E-state index is 0.738. The Bertz CT molecular complexity index is 110. The Morgan fingerprint density at radius 1 is 1.22 bits per heavy atom. The highest BCUT2D eigenvalue weighted by molar-refractivity contribution is 6.23. The predicted molar refractivity (Wildman–Crippen MR) is 37.5 cm³/mol. The standard InChI is InChI=1S/C6H10ClNO/c7-6(8-9)4-2-1-3-5-6/h1-5H2. The van der Waals surface area contributed by atoms with Crippen molar-refractivity contribution in [3.63, 3.8) is 0 Å². The lowest BCUT2D eigenvalue weighted by Crippen LogP contribution is -2.20. The van der Waals surface area contributed by atoms with Gasteiger partial charge in [-0.3, -0.25) is 0 Å². The van der Waals surface area contributed by atoms with Crippen LogP contribution in [0, 0.1) is 4.91 Å². The Hall–Kier alpha value is -0.110. The first-order valence-corrected chi connectivity index (χ1v) is 3.68. The molecule has 0 radical (unpaired) electrons. The molecular formula is C6H10ClNO. The van der Waals surface area contributed by atoms with Crippen molar-refractivity contribution in [2.24, 2.45) is 5.18 Å². The summed E-state index contributed by atoms with van der Waals surface area (Å²) in [6.07, 6.45) is 4.82. The largest absolute Gasteiger partial charge is 0.175 e. The van der Waals surface area contributed by atoms with Crippen molar-refractivity contribution < 1.29 is 0 Å². The molecule has 3 heteroatoms. The van der Waals surface area contributed by atoms with Gasteiger partial charge in [-0.1, -0.05) is 18.0 Å². The first-order valence-electron chi connectivity index (χ1n) is 3.30. The molecule has 0 atom stereocenters. The van der Waals surface area contributed by atoms with Crippen molar-refractivity contribution in [2.75, 3.05) is 0 Å². The smallest absolute Gasteiger partial charge is 0.149 e. The third kappa shape index (κ3) is 1.65. The number of rotatable bonds is 1. The van der Waals surface area contributed by atoms with E-state index in [-0.39, 0.29) is 0 Å². The zero-order valence-electron chi connectivity index (χ0n) is 5.27. The zero-order chi connectivity index (χ0) is 6.74. The maximum Gasteiger partial charge on any atom is 0.175 e. The van der Waals surface area contributed by atoms with Gasteiger partial charge in [-0.15, -0.1) is 4.91 Å². The second-order valence-electron chi connectivity index (χ2n) is 2.57. The number of halogens is 1. The second kappa shape index (κ2) is 2.65. The van der Waals surface area contributed by atoms with Crippen LogP contribution >= 0.6 is 11.6 Å². The maximum atomic E-state index is 10.1. The molecule has 0 unspecified atom stereocenters. The van der Waals surface area contributed by atoms with Gasteiger partial charge in [-0.2, -0.15) is 0 Å². The van der Waals surface area contributed by atoms with E-state index in [2.05, 4.69) is 5.18 Å². The maximum absolute atomic E-state index is 10.1. The predicted octanol–water partition coefficient (Wildman–Crippen LogP) is 2.65. The van der Waals surface area contributed by atoms with Gasteiger partial charge < -0.3 is 0 Å². The summed E-state index contributed by atoms with van der Waals surface area (Å²) in [5, 5.41) is 2.89. The Labute approximate surface area is 59.6 Å². The average molecular weight is 148 g/mol. The molecule has 0 saturated heterocycles. The fourth-order valence-electron chi connectivity index (χ4n) is 1.18. The van der Waals surface area contributed by atoms with Crippen LogP contribution in [-0.4, -0.2) is 5.00 Å². The van der Waals surface area contributed by atoms with Gasteiger partial charge in [-0.05, 0) is 30.9 Å². The molecule has 1 aliphatic rings. The third-order valence-corrected chi connectivity index (χ3v) is 2.23. The van der Waals surface area contributed by atoms with Crippen LogP contribution in [-0.2, 0) is 0 Å². The highest BCUT2D eigenvalue weighted by atomic mass is 35.5. The molecule has 0 aromatic heterocycles. The lowest BCUT2D eigenvalue weighted by Gasteiger charge is -2.22. The number of nitroso groups, excluding NO2 is 1. The first kappa shape index (κ1) is 7.00. The number of hydrogen-bond acceptors (Lipinski definition) is 2. The van der Waals surface area contributed by atoms with E-state index in [9.17, 15) is 4.91 Å². The van der Waals surface area contributed by atoms with Crippen molar-refractivity contribution in [1.82, 2.24) is 0 Å². The van der Waals surface area contributed by atoms with Gasteiger partial charge in [0.2, 0.25) is 0 Å². The summed E-state index contributed by atoms with van der Waals surface area (Å²) in [6, 6.07) is 0. The van der Waals surface area contributed by atoms with Crippen molar-refractivity contribution in [1.29, 1.82) is 0 Å². The van der Waals surface area contributed by atoms with E-state index in [0.717, 1.165) is 25.7 Å². The van der Waals surface area contributed by atoms with Crippen molar-refractivity contribution in [3.8, 4) is 0 Å². The van der Waals surface area contributed by atoms with Crippen LogP contribution in [0.25, 0.3) is 0 Å². The summed E-state index contributed by atoms with van der Waals surface area (Å²) < 4.78 is 0. The summed E-state index contributed by atoms with van der Waals surface area (Å²) in [4.78, 5) is 9.36. The summed E-state index contributed by atoms with van der Waals surface area (Å²) in [6.45, 7) is 0. The van der Waals surface area contributed by atoms with Crippen molar-refractivity contribution in [3.05, 3.63) is 4.91 Å². The van der Waals surface area contributed by atoms with Crippen LogP contribution in [0.2, 0.25) is 0 Å². The normalized spacial score (nSPS) is 25.4. The average Bonchev–Trinajstić information content (AvgIpc) is 1.90. The molecule has 0 aromatic rings. The van der Waals surface area contributed by atoms with E-state index < -0.39 is 5.00 Å². The number of hydrogen-bond donors (Lipinski definition) is 0. The van der Waals surface area contributed by atoms with Gasteiger partial charge in [0.25, 0.3) is 0 Å². The quantitative estimate of drug-likeness (QED) is 0.319. The Balaban J connectivity index is 2.46. The molecule has 0 amide bonds. The van der Waals surface area contributed by atoms with Gasteiger partial charge in [0.1, 0.15) is 0 Å². The summed E-state index contributed by atoms with van der Waals surface area (Å²) in [7, 11) is 0. The van der Waals surface area contributed by atoms with E-state index in [0.29, 0.717) is 0 Å². The summed E-state index contributed by atoms with van der Waals surface area (Å²) in [5.41, 5.74) is 0. The van der Waals surface area contributed by atoms with Crippen LogP contribution in [0.3, 0.4) is 0 Å². The van der Waals surface area contributed by atoms with Crippen molar-refractivity contribution >= 4 is 11.6 Å². The minimum atomic E-state index is -0.738. The Morgan fingerprint density at radius 3 is 2.11 bits per heavy atom. The topological polar surface area (TPSA) is 29.4 Å².